The van der Waals surface area contributed by atoms with Gasteiger partial charge >= 0.3 is 0 Å². The Bertz CT molecular complexity index is 2440. The van der Waals surface area contributed by atoms with Crippen LogP contribution in [0, 0.1) is 116 Å². The summed E-state index contributed by atoms with van der Waals surface area (Å²) in [5, 5.41) is 0. The lowest BCUT2D eigenvalue weighted by Crippen LogP contribution is -2.81. The van der Waals surface area contributed by atoms with Crippen LogP contribution in [0.25, 0.3) is 0 Å². The first kappa shape index (κ1) is 48.4. The van der Waals surface area contributed by atoms with E-state index in [1.54, 1.807) is 0 Å². The molecule has 24 heteroatoms. The zero-order valence-corrected chi connectivity index (χ0v) is 31.4. The highest BCUT2D eigenvalue weighted by Gasteiger charge is 2.52. The summed E-state index contributed by atoms with van der Waals surface area (Å²) in [5.74, 6) is -70.5. The molecule has 0 bridgehead atoms. The van der Waals surface area contributed by atoms with Crippen molar-refractivity contribution in [2.45, 2.75) is 26.5 Å². The summed E-state index contributed by atoms with van der Waals surface area (Å²) in [6.45, 7) is 4.31. The Labute approximate surface area is 344 Å². The second kappa shape index (κ2) is 18.2. The average molecular weight is 935 g/mol. The number of hydrogen-bond donors (Lipinski definition) is 0. The molecule has 5 aromatic carbocycles. The van der Waals surface area contributed by atoms with E-state index in [0.717, 1.165) is 5.75 Å². The molecule has 0 aliphatic carbocycles. The Kier molecular flexibility index (Phi) is 13.8. The molecule has 0 aliphatic rings. The summed E-state index contributed by atoms with van der Waals surface area (Å²) in [7, 11) is 0. The molecule has 0 fully saturated rings. The Morgan fingerprint density at radius 1 is 0.422 bits per heavy atom. The number of rotatable bonds is 9. The number of carbonyl (C=O) groups excluding carboxylic acids is 1. The van der Waals surface area contributed by atoms with Crippen molar-refractivity contribution in [1.82, 2.24) is 0 Å². The third kappa shape index (κ3) is 7.97. The fourth-order valence-corrected chi connectivity index (χ4v) is 6.66. The van der Waals surface area contributed by atoms with Crippen molar-refractivity contribution < 1.29 is 102 Å². The van der Waals surface area contributed by atoms with Crippen LogP contribution in [0.5, 0.6) is 5.75 Å². The second-order valence-electron chi connectivity index (χ2n) is 13.5. The van der Waals surface area contributed by atoms with Crippen LogP contribution in [-0.4, -0.2) is 18.0 Å². The molecule has 0 amide bonds. The summed E-state index contributed by atoms with van der Waals surface area (Å²) in [5.41, 5.74) is -13.6. The number of aromatic nitrogens is 1. The lowest BCUT2D eigenvalue weighted by Gasteiger charge is -2.44. The van der Waals surface area contributed by atoms with Gasteiger partial charge in [0.05, 0.1) is 6.10 Å². The summed E-state index contributed by atoms with van der Waals surface area (Å²) in [4.78, 5) is 12.1. The van der Waals surface area contributed by atoms with Crippen molar-refractivity contribution >= 4 is 33.8 Å². The minimum Gasteiger partial charge on any atom is -0.491 e. The van der Waals surface area contributed by atoms with Gasteiger partial charge in [0, 0.05) is 17.7 Å². The number of nitrogens with zero attached hydrogens (tertiary/aromatic N) is 1. The number of ketones is 1. The Morgan fingerprint density at radius 2 is 0.672 bits per heavy atom. The van der Waals surface area contributed by atoms with Crippen molar-refractivity contribution in [3.8, 4) is 5.75 Å². The first-order valence-corrected chi connectivity index (χ1v) is 17.3. The van der Waals surface area contributed by atoms with Gasteiger partial charge in [-0.1, -0.05) is 6.07 Å². The van der Waals surface area contributed by atoms with Crippen molar-refractivity contribution in [2.75, 3.05) is 0 Å². The van der Waals surface area contributed by atoms with E-state index in [1.165, 1.54) is 0 Å². The van der Waals surface area contributed by atoms with Crippen LogP contribution in [-0.2, 0) is 6.54 Å². The van der Waals surface area contributed by atoms with E-state index in [9.17, 15) is 57.5 Å². The highest BCUT2D eigenvalue weighted by Crippen LogP contribution is 2.31. The van der Waals surface area contributed by atoms with E-state index >= 15 is 35.1 Å². The molecule has 338 valence electrons. The first-order chi connectivity index (χ1) is 29.8. The third-order valence-corrected chi connectivity index (χ3v) is 9.36. The van der Waals surface area contributed by atoms with Gasteiger partial charge in [0.15, 0.2) is 82.2 Å². The van der Waals surface area contributed by atoms with Crippen molar-refractivity contribution in [1.29, 1.82) is 0 Å². The highest BCUT2D eigenvalue weighted by atomic mass is 19.2. The number of halogens is 20. The topological polar surface area (TPSA) is 30.2 Å². The van der Waals surface area contributed by atoms with Crippen LogP contribution >= 0.6 is 0 Å². The average Bonchev–Trinajstić information content (AvgIpc) is 3.26. The molecular weight excluding hydrogens is 917 g/mol. The third-order valence-electron chi connectivity index (χ3n) is 9.36. The number of pyridine rings is 1. The predicted molar refractivity (Wildman–Crippen MR) is 182 cm³/mol. The number of ether oxygens (including phenoxy) is 1. The molecule has 0 N–H and O–H groups in total. The van der Waals surface area contributed by atoms with Gasteiger partial charge < -0.3 is 4.74 Å². The van der Waals surface area contributed by atoms with E-state index in [4.69, 9.17) is 4.74 Å². The van der Waals surface area contributed by atoms with Crippen LogP contribution in [0.4, 0.5) is 87.8 Å². The van der Waals surface area contributed by atoms with E-state index in [0.29, 0.717) is 12.1 Å². The standard InChI is InChI=1S/C24BF20.C16H18NO2/c26-5-1(6(27)14(35)21(42)13(5)34)25(2-7(28)15(36)22(43)16(37)8(2)29,3-9(30)17(38)23(44)18(39)10(3)31)4-11(32)19(40)24(45)20(41)12(4)33;1-13(2)19-15-8-6-14(7-9-15)16(18)12-17-10-4-3-5-11-17/h;3-11,13H,12H2,1-2H3/q-1;+1. The molecule has 0 spiro atoms. The van der Waals surface area contributed by atoms with E-state index in [1.807, 2.05) is 73.3 Å². The molecule has 1 heterocycles. The van der Waals surface area contributed by atoms with Gasteiger partial charge in [-0.3, -0.25) is 4.79 Å². The van der Waals surface area contributed by atoms with Gasteiger partial charge in [-0.2, -0.15) is 4.57 Å². The molecule has 64 heavy (non-hydrogen) atoms. The lowest BCUT2D eigenvalue weighted by molar-refractivity contribution is -0.683. The molecule has 1 aromatic heterocycles. The maximum absolute atomic E-state index is 15.4. The minimum absolute atomic E-state index is 0.0901. The number of hydrogen-bond acceptors (Lipinski definition) is 2. The molecule has 3 nitrogen and oxygen atoms in total. The first-order valence-electron chi connectivity index (χ1n) is 17.3. The Hall–Kier alpha value is -6.62. The number of carbonyl (C=O) groups is 1. The SMILES string of the molecule is CC(C)Oc1ccc(C(=O)C[n+]2ccccc2)cc1.Fc1c(F)c(F)c([B-](c2c(F)c(F)c(F)c(F)c2F)(c2c(F)c(F)c(F)c(F)c2F)c2c(F)c(F)c(F)c(F)c2F)c(F)c1F. The summed E-state index contributed by atoms with van der Waals surface area (Å²) in [6, 6.07) is 13.0. The van der Waals surface area contributed by atoms with E-state index in [2.05, 4.69) is 0 Å². The fourth-order valence-electron chi connectivity index (χ4n) is 6.66. The van der Waals surface area contributed by atoms with Crippen LogP contribution in [0.15, 0.2) is 54.9 Å². The maximum Gasteiger partial charge on any atom is 0.227 e. The van der Waals surface area contributed by atoms with Crippen molar-refractivity contribution in [2.24, 2.45) is 0 Å². The maximum atomic E-state index is 15.4. The molecule has 0 saturated carbocycles. The molecule has 6 rings (SSSR count). The van der Waals surface area contributed by atoms with E-state index < -0.39 is 144 Å². The minimum atomic E-state index is -7.22. The van der Waals surface area contributed by atoms with E-state index in [-0.39, 0.29) is 11.9 Å². The molecule has 0 unspecified atom stereocenters. The van der Waals surface area contributed by atoms with Gasteiger partial charge in [-0.25, -0.2) is 87.8 Å². The van der Waals surface area contributed by atoms with Crippen molar-refractivity contribution in [3.05, 3.63) is 177 Å². The summed E-state index contributed by atoms with van der Waals surface area (Å²) < 4.78 is 301. The molecule has 6 aromatic rings. The molecule has 0 radical (unpaired) electrons. The number of benzene rings is 5. The Balaban J connectivity index is 0.000000337. The van der Waals surface area contributed by atoms with Gasteiger partial charge in [0.2, 0.25) is 12.3 Å². The quantitative estimate of drug-likeness (QED) is 0.0364. The Morgan fingerprint density at radius 3 is 0.922 bits per heavy atom. The molecule has 0 atom stereocenters. The van der Waals surface area contributed by atoms with Crippen LogP contribution in [0.3, 0.4) is 0 Å². The number of Topliss-reactive ketones (excluding diaryl/α,β-unsaturated/α-hetero) is 1. The van der Waals surface area contributed by atoms with Crippen molar-refractivity contribution in [3.63, 3.8) is 0 Å². The highest BCUT2D eigenvalue weighted by molar-refractivity contribution is 7.20. The van der Waals surface area contributed by atoms with Gasteiger partial charge in [0.25, 0.3) is 0 Å². The van der Waals surface area contributed by atoms with Gasteiger partial charge in [-0.15, -0.1) is 21.9 Å². The molecule has 0 saturated heterocycles. The molecule has 0 aliphatic heterocycles. The normalized spacial score (nSPS) is 11.5. The van der Waals surface area contributed by atoms with Crippen LogP contribution < -0.4 is 31.2 Å². The second-order valence-corrected chi connectivity index (χ2v) is 13.5. The molecular formula is C40H18BF20NO2. The van der Waals surface area contributed by atoms with Crippen LogP contribution in [0.2, 0.25) is 0 Å². The van der Waals surface area contributed by atoms with Gasteiger partial charge in [0.1, 0.15) is 58.4 Å². The lowest BCUT2D eigenvalue weighted by atomic mass is 9.12. The zero-order chi connectivity index (χ0) is 48.0. The summed E-state index contributed by atoms with van der Waals surface area (Å²) in [6.07, 6.45) is -3.31. The zero-order valence-electron chi connectivity index (χ0n) is 31.4. The van der Waals surface area contributed by atoms with Gasteiger partial charge in [-0.05, 0) is 38.1 Å². The smallest absolute Gasteiger partial charge is 0.227 e. The predicted octanol–water partition coefficient (Wildman–Crippen LogP) is 8.49. The monoisotopic (exact) mass is 935 g/mol. The van der Waals surface area contributed by atoms with Crippen LogP contribution in [0.1, 0.15) is 24.2 Å². The largest absolute Gasteiger partial charge is 0.491 e. The summed E-state index contributed by atoms with van der Waals surface area (Å²) >= 11 is 0. The fraction of sp³-hybridized carbons (Fsp3) is 0.100.